The number of morpholine rings is 1. The molecule has 3 fully saturated rings. The Morgan fingerprint density at radius 1 is 1.30 bits per heavy atom. The molecule has 2 heterocycles. The van der Waals surface area contributed by atoms with E-state index in [2.05, 4.69) is 23.2 Å². The molecule has 2 saturated heterocycles. The Hall–Kier alpha value is -0.630. The Morgan fingerprint density at radius 3 is 2.70 bits per heavy atom. The van der Waals surface area contributed by atoms with Gasteiger partial charge in [0.1, 0.15) is 5.54 Å². The first-order valence-corrected chi connectivity index (χ1v) is 8.30. The molecular weight excluding hydrogens is 250 g/mol. The normalized spacial score (nSPS) is 40.9. The minimum atomic E-state index is -0.250. The Bertz CT molecular complexity index is 368. The third-order valence-corrected chi connectivity index (χ3v) is 5.43. The zero-order chi connectivity index (χ0) is 14.0. The first kappa shape index (κ1) is 14.3. The third-order valence-electron chi connectivity index (χ3n) is 5.43. The summed E-state index contributed by atoms with van der Waals surface area (Å²) in [4.78, 5) is 2.57. The minimum Gasteiger partial charge on any atom is -0.372 e. The van der Waals surface area contributed by atoms with Crippen molar-refractivity contribution in [2.24, 2.45) is 5.92 Å². The molecule has 0 aromatic rings. The number of hydrogen-bond acceptors (Lipinski definition) is 4. The molecule has 0 spiro atoms. The highest BCUT2D eigenvalue weighted by Crippen LogP contribution is 2.38. The first-order chi connectivity index (χ1) is 9.75. The number of hydrogen-bond donors (Lipinski definition) is 1. The Morgan fingerprint density at radius 2 is 2.05 bits per heavy atom. The van der Waals surface area contributed by atoms with E-state index in [1.165, 1.54) is 25.7 Å². The van der Waals surface area contributed by atoms with Gasteiger partial charge >= 0.3 is 0 Å². The maximum atomic E-state index is 9.60. The molecule has 0 radical (unpaired) electrons. The van der Waals surface area contributed by atoms with Gasteiger partial charge in [-0.15, -0.1) is 0 Å². The van der Waals surface area contributed by atoms with Crippen LogP contribution < -0.4 is 5.32 Å². The second-order valence-electron chi connectivity index (χ2n) is 6.71. The van der Waals surface area contributed by atoms with Gasteiger partial charge in [-0.05, 0) is 51.1 Å². The van der Waals surface area contributed by atoms with Crippen molar-refractivity contribution in [1.82, 2.24) is 10.2 Å². The molecule has 0 aromatic carbocycles. The van der Waals surface area contributed by atoms with Crippen molar-refractivity contribution >= 4 is 0 Å². The van der Waals surface area contributed by atoms with Crippen LogP contribution in [0.15, 0.2) is 0 Å². The second kappa shape index (κ2) is 6.01. The van der Waals surface area contributed by atoms with Crippen LogP contribution in [-0.4, -0.2) is 48.8 Å². The molecule has 3 aliphatic rings. The zero-order valence-corrected chi connectivity index (χ0v) is 12.6. The molecule has 0 aromatic heterocycles. The van der Waals surface area contributed by atoms with Gasteiger partial charge in [0.25, 0.3) is 0 Å². The van der Waals surface area contributed by atoms with Crippen molar-refractivity contribution in [1.29, 1.82) is 5.26 Å². The van der Waals surface area contributed by atoms with E-state index in [9.17, 15) is 5.26 Å². The van der Waals surface area contributed by atoms with E-state index >= 15 is 0 Å². The van der Waals surface area contributed by atoms with Gasteiger partial charge in [0.15, 0.2) is 0 Å². The fourth-order valence-electron chi connectivity index (χ4n) is 4.42. The molecule has 2 bridgehead atoms. The molecule has 4 heteroatoms. The Labute approximate surface area is 122 Å². The van der Waals surface area contributed by atoms with Gasteiger partial charge in [0.2, 0.25) is 0 Å². The number of nitrogens with one attached hydrogen (secondary N) is 1. The highest BCUT2D eigenvalue weighted by Gasteiger charge is 2.42. The van der Waals surface area contributed by atoms with E-state index < -0.39 is 0 Å². The van der Waals surface area contributed by atoms with Crippen molar-refractivity contribution in [3.05, 3.63) is 0 Å². The highest BCUT2D eigenvalue weighted by atomic mass is 16.5. The van der Waals surface area contributed by atoms with Crippen LogP contribution in [0, 0.1) is 17.2 Å². The molecule has 112 valence electrons. The molecule has 2 aliphatic heterocycles. The summed E-state index contributed by atoms with van der Waals surface area (Å²) in [6, 6.07) is 2.59. The predicted octanol–water partition coefficient (Wildman–Crippen LogP) is 1.91. The van der Waals surface area contributed by atoms with Crippen molar-refractivity contribution in [3.63, 3.8) is 0 Å². The van der Waals surface area contributed by atoms with E-state index in [1.807, 2.05) is 0 Å². The number of fused-ring (bicyclic) bond motifs is 2. The van der Waals surface area contributed by atoms with E-state index in [4.69, 9.17) is 4.74 Å². The van der Waals surface area contributed by atoms with Gasteiger partial charge in [0, 0.05) is 13.1 Å². The lowest BCUT2D eigenvalue weighted by molar-refractivity contribution is -0.0399. The molecule has 3 rings (SSSR count). The van der Waals surface area contributed by atoms with Gasteiger partial charge in [-0.3, -0.25) is 10.2 Å². The van der Waals surface area contributed by atoms with Gasteiger partial charge in [-0.1, -0.05) is 13.3 Å². The number of likely N-dealkylation sites (tertiary alicyclic amines) is 1. The number of rotatable bonds is 5. The molecule has 4 atom stereocenters. The lowest BCUT2D eigenvalue weighted by Crippen LogP contribution is -2.49. The molecule has 4 nitrogen and oxygen atoms in total. The van der Waals surface area contributed by atoms with Crippen molar-refractivity contribution in [2.45, 2.75) is 63.2 Å². The summed E-state index contributed by atoms with van der Waals surface area (Å²) in [6.45, 7) is 6.34. The summed E-state index contributed by atoms with van der Waals surface area (Å²) < 4.78 is 5.89. The van der Waals surface area contributed by atoms with Crippen LogP contribution in [0.25, 0.3) is 0 Å². The summed E-state index contributed by atoms with van der Waals surface area (Å²) >= 11 is 0. The molecule has 1 N–H and O–H groups in total. The maximum absolute atomic E-state index is 9.60. The van der Waals surface area contributed by atoms with Crippen molar-refractivity contribution < 1.29 is 4.74 Å². The quantitative estimate of drug-likeness (QED) is 0.834. The van der Waals surface area contributed by atoms with E-state index in [1.54, 1.807) is 0 Å². The fraction of sp³-hybridized carbons (Fsp3) is 0.938. The second-order valence-corrected chi connectivity index (χ2v) is 6.71. The monoisotopic (exact) mass is 277 g/mol. The van der Waals surface area contributed by atoms with E-state index in [0.717, 1.165) is 39.0 Å². The van der Waals surface area contributed by atoms with Crippen LogP contribution in [0.1, 0.15) is 45.4 Å². The average Bonchev–Trinajstić information content (AvgIpc) is 3.01. The predicted molar refractivity (Wildman–Crippen MR) is 78.3 cm³/mol. The highest BCUT2D eigenvalue weighted by molar-refractivity contribution is 5.14. The topological polar surface area (TPSA) is 48.3 Å². The van der Waals surface area contributed by atoms with Crippen LogP contribution in [0.3, 0.4) is 0 Å². The first-order valence-electron chi connectivity index (χ1n) is 8.30. The van der Waals surface area contributed by atoms with Crippen LogP contribution in [-0.2, 0) is 4.74 Å². The fourth-order valence-corrected chi connectivity index (χ4v) is 4.42. The largest absolute Gasteiger partial charge is 0.372 e. The number of ether oxygens (including phenoxy) is 1. The lowest BCUT2D eigenvalue weighted by atomic mass is 9.85. The molecule has 0 amide bonds. The average molecular weight is 277 g/mol. The van der Waals surface area contributed by atoms with Crippen LogP contribution >= 0.6 is 0 Å². The van der Waals surface area contributed by atoms with Gasteiger partial charge in [-0.25, -0.2) is 0 Å². The summed E-state index contributed by atoms with van der Waals surface area (Å²) in [7, 11) is 0. The molecular formula is C16H27N3O. The molecule has 20 heavy (non-hydrogen) atoms. The van der Waals surface area contributed by atoms with E-state index in [-0.39, 0.29) is 5.54 Å². The zero-order valence-electron chi connectivity index (χ0n) is 12.6. The van der Waals surface area contributed by atoms with E-state index in [0.29, 0.717) is 18.1 Å². The summed E-state index contributed by atoms with van der Waals surface area (Å²) in [5, 5.41) is 13.1. The Balaban J connectivity index is 1.54. The summed E-state index contributed by atoms with van der Waals surface area (Å²) in [6.07, 6.45) is 8.01. The SMILES string of the molecule is CCNC1(C#N)CCCC1CCN1CC2CCC(C1)O2. The smallest absolute Gasteiger partial charge is 0.109 e. The number of nitrogens with zero attached hydrogens (tertiary/aromatic N) is 2. The van der Waals surface area contributed by atoms with Crippen LogP contribution in [0.2, 0.25) is 0 Å². The molecule has 1 aliphatic carbocycles. The summed E-state index contributed by atoms with van der Waals surface area (Å²) in [5.41, 5.74) is -0.250. The number of nitriles is 1. The van der Waals surface area contributed by atoms with Crippen molar-refractivity contribution in [3.8, 4) is 6.07 Å². The summed E-state index contributed by atoms with van der Waals surface area (Å²) in [5.74, 6) is 0.521. The van der Waals surface area contributed by atoms with Gasteiger partial charge in [-0.2, -0.15) is 5.26 Å². The molecule has 1 saturated carbocycles. The maximum Gasteiger partial charge on any atom is 0.109 e. The van der Waals surface area contributed by atoms with Gasteiger partial charge in [0.05, 0.1) is 18.3 Å². The standard InChI is InChI=1S/C16H27N3O/c1-2-18-16(12-17)8-3-4-13(16)7-9-19-10-14-5-6-15(11-19)20-14/h13-15,18H,2-11H2,1H3. The lowest BCUT2D eigenvalue weighted by Gasteiger charge is -2.35. The Kier molecular flexibility index (Phi) is 4.30. The molecule has 4 unspecified atom stereocenters. The van der Waals surface area contributed by atoms with Crippen molar-refractivity contribution in [2.75, 3.05) is 26.2 Å². The third kappa shape index (κ3) is 2.72. The van der Waals surface area contributed by atoms with Gasteiger partial charge < -0.3 is 4.74 Å². The van der Waals surface area contributed by atoms with Crippen LogP contribution in [0.4, 0.5) is 0 Å². The minimum absolute atomic E-state index is 0.250. The van der Waals surface area contributed by atoms with Crippen LogP contribution in [0.5, 0.6) is 0 Å².